The number of hydrogen-bond donors (Lipinski definition) is 0. The molecule has 1 fully saturated rings. The number of esters is 1. The number of benzene rings is 1. The van der Waals surface area contributed by atoms with Crippen molar-refractivity contribution in [1.29, 1.82) is 0 Å². The molecule has 1 saturated heterocycles. The number of carbonyl (C=O) groups excluding carboxylic acids is 1. The first-order chi connectivity index (χ1) is 17.0. The van der Waals surface area contributed by atoms with Crippen LogP contribution in [0.4, 0.5) is 0 Å². The number of aryl methyl sites for hydroxylation is 2. The van der Waals surface area contributed by atoms with Crippen molar-refractivity contribution in [3.63, 3.8) is 0 Å². The molecule has 0 aliphatic carbocycles. The Morgan fingerprint density at radius 2 is 1.92 bits per heavy atom. The second-order valence-electron chi connectivity index (χ2n) is 11.0. The molecule has 7 nitrogen and oxygen atoms in total. The van der Waals surface area contributed by atoms with Crippen molar-refractivity contribution in [2.75, 3.05) is 6.61 Å². The molecule has 1 aromatic carbocycles. The number of nitrogens with zero attached hydrogens (tertiary/aromatic N) is 3. The zero-order valence-corrected chi connectivity index (χ0v) is 25.1. The van der Waals surface area contributed by atoms with E-state index in [-0.39, 0.29) is 29.4 Å². The third-order valence-electron chi connectivity index (χ3n) is 7.36. The molecule has 0 spiro atoms. The fourth-order valence-corrected chi connectivity index (χ4v) is 6.15. The molecule has 0 saturated carbocycles. The number of aromatic nitrogens is 3. The van der Waals surface area contributed by atoms with Gasteiger partial charge < -0.3 is 18.5 Å². The van der Waals surface area contributed by atoms with Crippen LogP contribution in [0.25, 0.3) is 11.0 Å². The van der Waals surface area contributed by atoms with Crippen LogP contribution in [0.3, 0.4) is 0 Å². The molecular weight excluding hydrogens is 585 g/mol. The Labute approximate surface area is 228 Å². The number of hydrogen-bond acceptors (Lipinski definition) is 6. The van der Waals surface area contributed by atoms with Crippen LogP contribution in [0.2, 0.25) is 18.1 Å². The monoisotopic (exact) mass is 621 g/mol. The lowest BCUT2D eigenvalue weighted by molar-refractivity contribution is -0.150. The minimum absolute atomic E-state index is 0.0851. The van der Waals surface area contributed by atoms with Gasteiger partial charge in [-0.25, -0.2) is 9.97 Å². The van der Waals surface area contributed by atoms with E-state index >= 15 is 0 Å². The minimum atomic E-state index is -1.98. The van der Waals surface area contributed by atoms with E-state index in [9.17, 15) is 4.79 Å². The van der Waals surface area contributed by atoms with Crippen molar-refractivity contribution in [1.82, 2.24) is 14.5 Å². The van der Waals surface area contributed by atoms with E-state index in [4.69, 9.17) is 13.9 Å². The highest BCUT2D eigenvalue weighted by Crippen LogP contribution is 2.39. The van der Waals surface area contributed by atoms with Crippen LogP contribution in [0, 0.1) is 3.57 Å². The number of halogens is 1. The molecule has 0 bridgehead atoms. The molecule has 3 aromatic rings. The molecule has 4 rings (SSSR count). The first kappa shape index (κ1) is 27.2. The highest BCUT2D eigenvalue weighted by Gasteiger charge is 2.43. The number of fused-ring (bicyclic) bond motifs is 1. The number of ether oxygens (including phenoxy) is 2. The normalized spacial score (nSPS) is 20.7. The van der Waals surface area contributed by atoms with Gasteiger partial charge in [0.25, 0.3) is 0 Å². The topological polar surface area (TPSA) is 75.5 Å². The van der Waals surface area contributed by atoms with Crippen molar-refractivity contribution in [2.24, 2.45) is 0 Å². The van der Waals surface area contributed by atoms with Crippen molar-refractivity contribution in [3.8, 4) is 0 Å². The lowest BCUT2D eigenvalue weighted by Gasteiger charge is -2.37. The van der Waals surface area contributed by atoms with Crippen molar-refractivity contribution in [3.05, 3.63) is 57.7 Å². The van der Waals surface area contributed by atoms with E-state index in [0.29, 0.717) is 13.0 Å². The fourth-order valence-electron chi connectivity index (χ4n) is 4.28. The summed E-state index contributed by atoms with van der Waals surface area (Å²) < 4.78 is 21.8. The van der Waals surface area contributed by atoms with Crippen LogP contribution in [0.1, 0.15) is 51.6 Å². The predicted molar refractivity (Wildman–Crippen MR) is 151 cm³/mol. The molecule has 0 N–H and O–H groups in total. The number of rotatable bonds is 8. The summed E-state index contributed by atoms with van der Waals surface area (Å²) >= 11 is 2.35. The zero-order valence-electron chi connectivity index (χ0n) is 22.0. The molecule has 194 valence electrons. The Balaban J connectivity index is 1.56. The van der Waals surface area contributed by atoms with Crippen LogP contribution >= 0.6 is 22.6 Å². The third-order valence-corrected chi connectivity index (χ3v) is 12.7. The summed E-state index contributed by atoms with van der Waals surface area (Å²) in [5.74, 6) is -0.306. The molecule has 0 unspecified atom stereocenters. The van der Waals surface area contributed by atoms with Gasteiger partial charge in [-0.05, 0) is 59.1 Å². The van der Waals surface area contributed by atoms with E-state index in [2.05, 4.69) is 101 Å². The van der Waals surface area contributed by atoms with Gasteiger partial charge in [-0.15, -0.1) is 0 Å². The summed E-state index contributed by atoms with van der Waals surface area (Å²) in [6.45, 7) is 12.9. The quantitative estimate of drug-likeness (QED) is 0.173. The lowest BCUT2D eigenvalue weighted by Crippen LogP contribution is -2.44. The maximum absolute atomic E-state index is 11.9. The Bertz CT molecular complexity index is 1210. The second-order valence-corrected chi connectivity index (χ2v) is 16.9. The smallest absolute Gasteiger partial charge is 0.302 e. The Kier molecular flexibility index (Phi) is 8.23. The molecule has 36 heavy (non-hydrogen) atoms. The van der Waals surface area contributed by atoms with Crippen LogP contribution in [-0.2, 0) is 31.5 Å². The standard InChI is InChI=1S/C27H36IN3O4Si/c1-18(32)34-22-14-24(35-23(22)16-33-36(5,6)27(2,3)4)31-15-20(28)25-21(29-17-30-26(25)31)13-12-19-10-8-7-9-11-19/h7-11,15,17,22-24H,12-14,16H2,1-6H3/t22-,23+,24+/m0/s1. The maximum Gasteiger partial charge on any atom is 0.302 e. The van der Waals surface area contributed by atoms with E-state index < -0.39 is 8.32 Å². The SMILES string of the molecule is CC(=O)O[C@H]1C[C@H](n2cc(I)c3c(CCc4ccccc4)ncnc32)O[C@@H]1CO[Si](C)(C)C(C)(C)C. The molecule has 3 atom stereocenters. The summed E-state index contributed by atoms with van der Waals surface area (Å²) in [5, 5.41) is 1.14. The molecule has 0 radical (unpaired) electrons. The molecule has 2 aromatic heterocycles. The highest BCUT2D eigenvalue weighted by atomic mass is 127. The molecule has 1 aliphatic rings. The van der Waals surface area contributed by atoms with E-state index in [1.54, 1.807) is 6.33 Å². The van der Waals surface area contributed by atoms with Crippen molar-refractivity contribution >= 4 is 47.9 Å². The van der Waals surface area contributed by atoms with E-state index in [1.807, 2.05) is 6.07 Å². The second kappa shape index (κ2) is 10.9. The van der Waals surface area contributed by atoms with E-state index in [1.165, 1.54) is 12.5 Å². The van der Waals surface area contributed by atoms with Gasteiger partial charge in [0.2, 0.25) is 0 Å². The van der Waals surface area contributed by atoms with Gasteiger partial charge in [0, 0.05) is 23.1 Å². The van der Waals surface area contributed by atoms with Gasteiger partial charge in [0.1, 0.15) is 30.4 Å². The van der Waals surface area contributed by atoms with Gasteiger partial charge in [-0.3, -0.25) is 4.79 Å². The van der Waals surface area contributed by atoms with Crippen LogP contribution in [0.5, 0.6) is 0 Å². The predicted octanol–water partition coefficient (Wildman–Crippen LogP) is 6.06. The zero-order chi connectivity index (χ0) is 26.1. The molecule has 3 heterocycles. The Morgan fingerprint density at radius 3 is 2.58 bits per heavy atom. The van der Waals surface area contributed by atoms with Crippen molar-refractivity contribution in [2.45, 2.75) is 83.5 Å². The highest BCUT2D eigenvalue weighted by molar-refractivity contribution is 14.1. The molecule has 9 heteroatoms. The van der Waals surface area contributed by atoms with Crippen molar-refractivity contribution < 1.29 is 18.7 Å². The molecule has 1 aliphatic heterocycles. The summed E-state index contributed by atoms with van der Waals surface area (Å²) in [4.78, 5) is 21.1. The van der Waals surface area contributed by atoms with Crippen LogP contribution < -0.4 is 0 Å². The summed E-state index contributed by atoms with van der Waals surface area (Å²) in [6, 6.07) is 10.4. The minimum Gasteiger partial charge on any atom is -0.460 e. The summed E-state index contributed by atoms with van der Waals surface area (Å²) in [5.41, 5.74) is 3.15. The average Bonchev–Trinajstić information content (AvgIpc) is 3.36. The first-order valence-electron chi connectivity index (χ1n) is 12.5. The average molecular weight is 622 g/mol. The Morgan fingerprint density at radius 1 is 1.19 bits per heavy atom. The van der Waals surface area contributed by atoms with Gasteiger partial charge in [0.05, 0.1) is 17.7 Å². The van der Waals surface area contributed by atoms with Gasteiger partial charge in [-0.2, -0.15) is 0 Å². The lowest BCUT2D eigenvalue weighted by atomic mass is 10.1. The third kappa shape index (κ3) is 6.00. The first-order valence-corrected chi connectivity index (χ1v) is 16.5. The summed E-state index contributed by atoms with van der Waals surface area (Å²) in [6.07, 6.45) is 4.99. The molecule has 0 amide bonds. The largest absolute Gasteiger partial charge is 0.460 e. The summed E-state index contributed by atoms with van der Waals surface area (Å²) in [7, 11) is -1.98. The van der Waals surface area contributed by atoms with Gasteiger partial charge in [0.15, 0.2) is 8.32 Å². The van der Waals surface area contributed by atoms with E-state index in [0.717, 1.165) is 33.1 Å². The Hall–Kier alpha value is -1.82. The number of carbonyl (C=O) groups is 1. The van der Waals surface area contributed by atoms with Crippen LogP contribution in [0.15, 0.2) is 42.9 Å². The fraction of sp³-hybridized carbons (Fsp3) is 0.519. The van der Waals surface area contributed by atoms with Gasteiger partial charge in [-0.1, -0.05) is 51.1 Å². The van der Waals surface area contributed by atoms with Crippen LogP contribution in [-0.4, -0.2) is 47.6 Å². The molecular formula is C27H36IN3O4Si. The van der Waals surface area contributed by atoms with Gasteiger partial charge >= 0.3 is 5.97 Å². The maximum atomic E-state index is 11.9.